The molecule has 0 unspecified atom stereocenters. The summed E-state index contributed by atoms with van der Waals surface area (Å²) < 4.78 is 4.09. The zero-order valence-electron chi connectivity index (χ0n) is 10.8. The number of nitrogens with zero attached hydrogens (tertiary/aromatic N) is 4. The number of fused-ring (bicyclic) bond motifs is 1. The van der Waals surface area contributed by atoms with Gasteiger partial charge in [-0.2, -0.15) is 5.10 Å². The Bertz CT molecular complexity index is 685. The molecule has 0 amide bonds. The number of benzene rings is 1. The van der Waals surface area contributed by atoms with Crippen molar-refractivity contribution in [2.24, 2.45) is 0 Å². The summed E-state index contributed by atoms with van der Waals surface area (Å²) in [4.78, 5) is 4.63. The molecule has 0 saturated heterocycles. The Hall–Kier alpha value is -1.81. The summed E-state index contributed by atoms with van der Waals surface area (Å²) in [6.07, 6.45) is 3.75. The van der Waals surface area contributed by atoms with Crippen molar-refractivity contribution in [1.82, 2.24) is 19.3 Å². The quantitative estimate of drug-likeness (QED) is 0.686. The third-order valence-corrected chi connectivity index (χ3v) is 3.53. The highest BCUT2D eigenvalue weighted by Crippen LogP contribution is 2.20. The molecule has 0 fully saturated rings. The number of rotatable bonds is 4. The fourth-order valence-electron chi connectivity index (χ4n) is 2.32. The minimum absolute atomic E-state index is 0.424. The maximum absolute atomic E-state index is 6.01. The van der Waals surface area contributed by atoms with Crippen LogP contribution in [-0.2, 0) is 19.0 Å². The van der Waals surface area contributed by atoms with Crippen LogP contribution in [0.15, 0.2) is 36.7 Å². The molecule has 0 aliphatic carbocycles. The van der Waals surface area contributed by atoms with Gasteiger partial charge in [0.2, 0.25) is 0 Å². The molecule has 1 aromatic carbocycles. The number of aryl methyl sites for hydroxylation is 3. The van der Waals surface area contributed by atoms with E-state index in [4.69, 9.17) is 11.6 Å². The molecule has 19 heavy (non-hydrogen) atoms. The molecule has 2 heterocycles. The minimum atomic E-state index is 0.424. The predicted octanol–water partition coefficient (Wildman–Crippen LogP) is 2.98. The molecule has 98 valence electrons. The predicted molar refractivity (Wildman–Crippen MR) is 76.3 cm³/mol. The van der Waals surface area contributed by atoms with Crippen molar-refractivity contribution in [3.63, 3.8) is 0 Å². The van der Waals surface area contributed by atoms with Gasteiger partial charge in [-0.15, -0.1) is 11.6 Å². The van der Waals surface area contributed by atoms with Gasteiger partial charge >= 0.3 is 0 Å². The Balaban J connectivity index is 1.99. The van der Waals surface area contributed by atoms with Crippen molar-refractivity contribution in [2.45, 2.75) is 25.9 Å². The van der Waals surface area contributed by atoms with Crippen molar-refractivity contribution < 1.29 is 0 Å². The Kier molecular flexibility index (Phi) is 3.25. The second-order valence-electron chi connectivity index (χ2n) is 4.53. The summed E-state index contributed by atoms with van der Waals surface area (Å²) in [5.41, 5.74) is 3.36. The molecule has 0 aliphatic rings. The van der Waals surface area contributed by atoms with Crippen LogP contribution in [0, 0.1) is 6.92 Å². The lowest BCUT2D eigenvalue weighted by molar-refractivity contribution is 0.533. The second kappa shape index (κ2) is 5.05. The van der Waals surface area contributed by atoms with E-state index >= 15 is 0 Å². The molecule has 0 saturated carbocycles. The first-order chi connectivity index (χ1) is 9.29. The molecule has 0 spiro atoms. The van der Waals surface area contributed by atoms with Gasteiger partial charge in [-0.1, -0.05) is 12.1 Å². The van der Waals surface area contributed by atoms with E-state index in [9.17, 15) is 0 Å². The van der Waals surface area contributed by atoms with Crippen LogP contribution in [0.25, 0.3) is 11.0 Å². The molecule has 0 atom stereocenters. The molecule has 0 N–H and O–H groups in total. The monoisotopic (exact) mass is 274 g/mol. The minimum Gasteiger partial charge on any atom is -0.325 e. The van der Waals surface area contributed by atoms with Crippen LogP contribution in [0.3, 0.4) is 0 Å². The zero-order valence-corrected chi connectivity index (χ0v) is 11.5. The summed E-state index contributed by atoms with van der Waals surface area (Å²) in [5.74, 6) is 1.34. The van der Waals surface area contributed by atoms with Gasteiger partial charge in [0.25, 0.3) is 0 Å². The van der Waals surface area contributed by atoms with Crippen molar-refractivity contribution in [2.75, 3.05) is 0 Å². The van der Waals surface area contributed by atoms with Crippen LogP contribution >= 0.6 is 11.6 Å². The lowest BCUT2D eigenvalue weighted by Crippen LogP contribution is -2.09. The summed E-state index contributed by atoms with van der Waals surface area (Å²) >= 11 is 6.01. The van der Waals surface area contributed by atoms with Crippen molar-refractivity contribution in [3.05, 3.63) is 48.0 Å². The molecular weight excluding hydrogens is 260 g/mol. The van der Waals surface area contributed by atoms with Gasteiger partial charge in [-0.3, -0.25) is 4.68 Å². The molecular formula is C14H15ClN4. The highest BCUT2D eigenvalue weighted by atomic mass is 35.5. The maximum Gasteiger partial charge on any atom is 0.124 e. The van der Waals surface area contributed by atoms with Gasteiger partial charge in [-0.05, 0) is 24.6 Å². The lowest BCUT2D eigenvalue weighted by Gasteiger charge is -2.08. The fourth-order valence-corrected chi connectivity index (χ4v) is 2.53. The Labute approximate surface area is 116 Å². The van der Waals surface area contributed by atoms with E-state index in [0.717, 1.165) is 29.9 Å². The Morgan fingerprint density at radius 1 is 1.21 bits per heavy atom. The van der Waals surface area contributed by atoms with E-state index in [0.29, 0.717) is 5.88 Å². The molecule has 2 aromatic heterocycles. The van der Waals surface area contributed by atoms with E-state index < -0.39 is 0 Å². The van der Waals surface area contributed by atoms with Gasteiger partial charge in [0.1, 0.15) is 5.82 Å². The number of aromatic nitrogens is 4. The van der Waals surface area contributed by atoms with Crippen LogP contribution in [0.2, 0.25) is 0 Å². The van der Waals surface area contributed by atoms with Crippen molar-refractivity contribution >= 4 is 22.6 Å². The third kappa shape index (κ3) is 2.24. The van der Waals surface area contributed by atoms with Gasteiger partial charge in [-0.25, -0.2) is 4.98 Å². The first kappa shape index (κ1) is 12.2. The lowest BCUT2D eigenvalue weighted by atomic mass is 10.2. The zero-order chi connectivity index (χ0) is 13.2. The average molecular weight is 275 g/mol. The van der Waals surface area contributed by atoms with Crippen LogP contribution in [-0.4, -0.2) is 19.3 Å². The van der Waals surface area contributed by atoms with Gasteiger partial charge in [0.05, 0.1) is 23.5 Å². The summed E-state index contributed by atoms with van der Waals surface area (Å²) in [7, 11) is 0. The highest BCUT2D eigenvalue weighted by molar-refractivity contribution is 6.16. The van der Waals surface area contributed by atoms with E-state index in [2.05, 4.69) is 39.8 Å². The standard InChI is InChI=1S/C14H15ClN4/c1-11-4-2-5-12-14(11)17-13(10-15)19(12)9-8-18-7-3-6-16-18/h2-7H,8-10H2,1H3. The summed E-state index contributed by atoms with van der Waals surface area (Å²) in [6, 6.07) is 8.15. The number of hydrogen-bond acceptors (Lipinski definition) is 2. The molecule has 4 nitrogen and oxygen atoms in total. The second-order valence-corrected chi connectivity index (χ2v) is 4.79. The largest absolute Gasteiger partial charge is 0.325 e. The van der Waals surface area contributed by atoms with Crippen molar-refractivity contribution in [1.29, 1.82) is 0 Å². The number of imidazole rings is 1. The molecule has 5 heteroatoms. The molecule has 3 rings (SSSR count). The number of para-hydroxylation sites is 1. The number of alkyl halides is 1. The SMILES string of the molecule is Cc1cccc2c1nc(CCl)n2CCn1cccn1. The first-order valence-electron chi connectivity index (χ1n) is 6.27. The van der Waals surface area contributed by atoms with E-state index in [1.165, 1.54) is 5.56 Å². The van der Waals surface area contributed by atoms with E-state index in [1.54, 1.807) is 6.20 Å². The average Bonchev–Trinajstić information content (AvgIpc) is 3.03. The van der Waals surface area contributed by atoms with Gasteiger partial charge in [0.15, 0.2) is 0 Å². The maximum atomic E-state index is 6.01. The highest BCUT2D eigenvalue weighted by Gasteiger charge is 2.11. The first-order valence-corrected chi connectivity index (χ1v) is 6.81. The van der Waals surface area contributed by atoms with Crippen LogP contribution in [0.5, 0.6) is 0 Å². The van der Waals surface area contributed by atoms with Gasteiger partial charge < -0.3 is 4.57 Å². The van der Waals surface area contributed by atoms with Gasteiger partial charge in [0, 0.05) is 18.9 Å². The number of hydrogen-bond donors (Lipinski definition) is 0. The summed E-state index contributed by atoms with van der Waals surface area (Å²) in [5, 5.41) is 4.22. The smallest absolute Gasteiger partial charge is 0.124 e. The van der Waals surface area contributed by atoms with Crippen LogP contribution in [0.4, 0.5) is 0 Å². The number of halogens is 1. The molecule has 0 radical (unpaired) electrons. The van der Waals surface area contributed by atoms with Crippen LogP contribution in [0.1, 0.15) is 11.4 Å². The van der Waals surface area contributed by atoms with E-state index in [-0.39, 0.29) is 0 Å². The van der Waals surface area contributed by atoms with E-state index in [1.807, 2.05) is 16.9 Å². The molecule has 3 aromatic rings. The normalized spacial score (nSPS) is 11.3. The topological polar surface area (TPSA) is 35.6 Å². The Morgan fingerprint density at radius 2 is 2.11 bits per heavy atom. The van der Waals surface area contributed by atoms with Crippen molar-refractivity contribution in [3.8, 4) is 0 Å². The summed E-state index contributed by atoms with van der Waals surface area (Å²) in [6.45, 7) is 3.71. The van der Waals surface area contributed by atoms with Crippen LogP contribution < -0.4 is 0 Å². The fraction of sp³-hybridized carbons (Fsp3) is 0.286. The Morgan fingerprint density at radius 3 is 2.84 bits per heavy atom. The molecule has 0 aliphatic heterocycles. The molecule has 0 bridgehead atoms. The third-order valence-electron chi connectivity index (χ3n) is 3.29.